The summed E-state index contributed by atoms with van der Waals surface area (Å²) in [6.07, 6.45) is 6.41. The lowest BCUT2D eigenvalue weighted by Gasteiger charge is -2.63. The summed E-state index contributed by atoms with van der Waals surface area (Å²) in [4.78, 5) is 0. The van der Waals surface area contributed by atoms with Gasteiger partial charge in [0, 0.05) is 5.41 Å². The van der Waals surface area contributed by atoms with Crippen molar-refractivity contribution in [2.75, 3.05) is 13.2 Å². The molecule has 4 N–H and O–H groups in total. The van der Waals surface area contributed by atoms with Crippen molar-refractivity contribution in [3.05, 3.63) is 0 Å². The highest BCUT2D eigenvalue weighted by Gasteiger charge is 2.64. The fraction of sp³-hybridized carbons (Fsp3) is 1.00. The van der Waals surface area contributed by atoms with E-state index >= 15 is 0 Å². The van der Waals surface area contributed by atoms with E-state index in [1.165, 1.54) is 0 Å². The van der Waals surface area contributed by atoms with Crippen molar-refractivity contribution in [1.29, 1.82) is 0 Å². The molecule has 0 spiro atoms. The number of hydrogen-bond acceptors (Lipinski definition) is 4. The topological polar surface area (TPSA) is 80.9 Å². The Morgan fingerprint density at radius 3 is 2.33 bits per heavy atom. The summed E-state index contributed by atoms with van der Waals surface area (Å²) in [6, 6.07) is 0. The van der Waals surface area contributed by atoms with Crippen LogP contribution in [0.2, 0.25) is 0 Å². The first-order valence-electron chi connectivity index (χ1n) is 9.90. The minimum Gasteiger partial charge on any atom is -0.396 e. The van der Waals surface area contributed by atoms with Gasteiger partial charge in [0.2, 0.25) is 0 Å². The van der Waals surface area contributed by atoms with Gasteiger partial charge in [-0.2, -0.15) is 0 Å². The van der Waals surface area contributed by atoms with Crippen LogP contribution in [0.3, 0.4) is 0 Å². The highest BCUT2D eigenvalue weighted by atomic mass is 16.3. The van der Waals surface area contributed by atoms with E-state index in [9.17, 15) is 20.4 Å². The van der Waals surface area contributed by atoms with E-state index in [2.05, 4.69) is 13.8 Å². The first-order chi connectivity index (χ1) is 11.3. The highest BCUT2D eigenvalue weighted by molar-refractivity contribution is 5.13. The van der Waals surface area contributed by atoms with E-state index in [1.54, 1.807) is 0 Å². The maximum Gasteiger partial charge on any atom is 0.0908 e. The molecule has 4 aliphatic carbocycles. The van der Waals surface area contributed by atoms with Crippen LogP contribution in [0.5, 0.6) is 0 Å². The molecule has 9 atom stereocenters. The number of fused-ring (bicyclic) bond motifs is 6. The van der Waals surface area contributed by atoms with Crippen molar-refractivity contribution in [1.82, 2.24) is 0 Å². The highest BCUT2D eigenvalue weighted by Crippen LogP contribution is 2.68. The largest absolute Gasteiger partial charge is 0.396 e. The molecule has 0 aromatic carbocycles. The average molecular weight is 338 g/mol. The molecule has 0 radical (unpaired) electrons. The molecule has 0 aliphatic heterocycles. The summed E-state index contributed by atoms with van der Waals surface area (Å²) in [5, 5.41) is 41.3. The molecule has 4 saturated carbocycles. The summed E-state index contributed by atoms with van der Waals surface area (Å²) in [7, 11) is 0. The predicted octanol–water partition coefficient (Wildman–Crippen LogP) is 1.94. The smallest absolute Gasteiger partial charge is 0.0908 e. The summed E-state index contributed by atoms with van der Waals surface area (Å²) in [5.41, 5.74) is -1.14. The SMILES string of the molecule is C[C@]1(CO)[C@@H]2CC[C@H]3C[C@@H]4CC(C[C@]4(O)CO)[C@H]3[C@]2(C)CC[C@H]1O. The molecule has 4 rings (SSSR count). The van der Waals surface area contributed by atoms with Crippen molar-refractivity contribution in [2.45, 2.75) is 70.5 Å². The van der Waals surface area contributed by atoms with Crippen LogP contribution in [-0.4, -0.2) is 45.3 Å². The van der Waals surface area contributed by atoms with E-state index in [0.29, 0.717) is 23.7 Å². The van der Waals surface area contributed by atoms with Crippen molar-refractivity contribution < 1.29 is 20.4 Å². The molecule has 1 unspecified atom stereocenters. The number of aliphatic hydroxyl groups excluding tert-OH is 3. The van der Waals surface area contributed by atoms with Gasteiger partial charge in [-0.25, -0.2) is 0 Å². The van der Waals surface area contributed by atoms with Crippen LogP contribution in [-0.2, 0) is 0 Å². The third-order valence-corrected chi connectivity index (χ3v) is 9.08. The van der Waals surface area contributed by atoms with Gasteiger partial charge in [0.15, 0.2) is 0 Å². The quantitative estimate of drug-likeness (QED) is 0.620. The van der Waals surface area contributed by atoms with Crippen LogP contribution in [0.15, 0.2) is 0 Å². The van der Waals surface area contributed by atoms with Crippen molar-refractivity contribution in [2.24, 2.45) is 40.4 Å². The molecule has 0 amide bonds. The molecule has 0 aromatic heterocycles. The van der Waals surface area contributed by atoms with Gasteiger partial charge in [0.1, 0.15) is 0 Å². The molecule has 0 aromatic rings. The monoisotopic (exact) mass is 338 g/mol. The Bertz CT molecular complexity index is 510. The van der Waals surface area contributed by atoms with Gasteiger partial charge in [-0.3, -0.25) is 0 Å². The molecule has 138 valence electrons. The van der Waals surface area contributed by atoms with Crippen molar-refractivity contribution >= 4 is 0 Å². The maximum atomic E-state index is 10.9. The van der Waals surface area contributed by atoms with Gasteiger partial charge >= 0.3 is 0 Å². The lowest BCUT2D eigenvalue weighted by Crippen LogP contribution is -2.60. The Kier molecular flexibility index (Phi) is 3.90. The van der Waals surface area contributed by atoms with Crippen LogP contribution in [0.4, 0.5) is 0 Å². The molecule has 4 aliphatic rings. The van der Waals surface area contributed by atoms with E-state index in [-0.39, 0.29) is 24.5 Å². The van der Waals surface area contributed by atoms with Crippen LogP contribution >= 0.6 is 0 Å². The summed E-state index contributed by atoms with van der Waals surface area (Å²) in [6.45, 7) is 4.41. The van der Waals surface area contributed by atoms with Crippen LogP contribution in [0.1, 0.15) is 58.8 Å². The first kappa shape index (κ1) is 17.3. The second kappa shape index (κ2) is 5.42. The minimum atomic E-state index is -0.873. The Morgan fingerprint density at radius 1 is 0.958 bits per heavy atom. The normalized spacial score (nSPS) is 59.8. The zero-order chi connectivity index (χ0) is 17.3. The van der Waals surface area contributed by atoms with E-state index in [0.717, 1.165) is 44.9 Å². The first-order valence-corrected chi connectivity index (χ1v) is 9.90. The maximum absolute atomic E-state index is 10.9. The lowest BCUT2D eigenvalue weighted by atomic mass is 9.42. The van der Waals surface area contributed by atoms with Crippen LogP contribution in [0.25, 0.3) is 0 Å². The van der Waals surface area contributed by atoms with Crippen LogP contribution < -0.4 is 0 Å². The second-order valence-corrected chi connectivity index (χ2v) is 10.0. The number of aliphatic hydroxyl groups is 4. The second-order valence-electron chi connectivity index (χ2n) is 10.0. The van der Waals surface area contributed by atoms with Gasteiger partial charge in [0.05, 0.1) is 24.9 Å². The molecule has 4 heteroatoms. The summed E-state index contributed by atoms with van der Waals surface area (Å²) in [5.74, 6) is 2.28. The predicted molar refractivity (Wildman–Crippen MR) is 91.1 cm³/mol. The molecule has 0 saturated heterocycles. The third-order valence-electron chi connectivity index (χ3n) is 9.08. The third kappa shape index (κ3) is 2.06. The summed E-state index contributed by atoms with van der Waals surface area (Å²) >= 11 is 0. The molecule has 0 heterocycles. The van der Waals surface area contributed by atoms with E-state index in [4.69, 9.17) is 0 Å². The Hall–Kier alpha value is -0.160. The fourth-order valence-corrected chi connectivity index (χ4v) is 7.93. The van der Waals surface area contributed by atoms with Gasteiger partial charge in [-0.05, 0) is 80.0 Å². The lowest BCUT2D eigenvalue weighted by molar-refractivity contribution is -0.187. The van der Waals surface area contributed by atoms with E-state index in [1.807, 2.05) is 0 Å². The molecular weight excluding hydrogens is 304 g/mol. The molecule has 4 fully saturated rings. The average Bonchev–Trinajstić information content (AvgIpc) is 2.82. The molecular formula is C20H34O4. The molecule has 2 bridgehead atoms. The Labute approximate surface area is 145 Å². The van der Waals surface area contributed by atoms with Crippen molar-refractivity contribution in [3.8, 4) is 0 Å². The Balaban J connectivity index is 1.69. The molecule has 24 heavy (non-hydrogen) atoms. The van der Waals surface area contributed by atoms with Crippen molar-refractivity contribution in [3.63, 3.8) is 0 Å². The Morgan fingerprint density at radius 2 is 1.67 bits per heavy atom. The van der Waals surface area contributed by atoms with Gasteiger partial charge in [0.25, 0.3) is 0 Å². The van der Waals surface area contributed by atoms with Gasteiger partial charge in [-0.1, -0.05) is 13.8 Å². The minimum absolute atomic E-state index is 0.0552. The molecule has 4 nitrogen and oxygen atoms in total. The van der Waals surface area contributed by atoms with Gasteiger partial charge in [-0.15, -0.1) is 0 Å². The zero-order valence-electron chi connectivity index (χ0n) is 15.1. The standard InChI is InChI=1S/C20H34O4/c1-18-6-5-16(23)19(2,10-21)15(18)4-3-12-7-14-8-13(17(12)18)9-20(14,24)11-22/h12-17,21-24H,3-11H2,1-2H3/t12-,13?,14+,15+,16+,17-,18+,19-,20-/m0/s1. The van der Waals surface area contributed by atoms with Gasteiger partial charge < -0.3 is 20.4 Å². The van der Waals surface area contributed by atoms with Crippen LogP contribution in [0, 0.1) is 40.4 Å². The fourth-order valence-electron chi connectivity index (χ4n) is 7.93. The number of rotatable bonds is 2. The number of hydrogen-bond donors (Lipinski definition) is 4. The van der Waals surface area contributed by atoms with E-state index < -0.39 is 17.1 Å². The summed E-state index contributed by atoms with van der Waals surface area (Å²) < 4.78 is 0. The zero-order valence-corrected chi connectivity index (χ0v) is 15.1.